The van der Waals surface area contributed by atoms with Crippen LogP contribution in [0.4, 0.5) is 0 Å². The number of hydrogen-bond donors (Lipinski definition) is 0. The molecule has 4 rings (SSSR count). The molecule has 0 amide bonds. The topological polar surface area (TPSA) is 48.8 Å². The van der Waals surface area contributed by atoms with Crippen molar-refractivity contribution in [2.75, 3.05) is 27.1 Å². The predicted molar refractivity (Wildman–Crippen MR) is 84.3 cm³/mol. The molecule has 23 heavy (non-hydrogen) atoms. The van der Waals surface area contributed by atoms with Crippen molar-refractivity contribution in [3.8, 4) is 11.5 Å². The van der Waals surface area contributed by atoms with E-state index >= 15 is 0 Å². The van der Waals surface area contributed by atoms with Gasteiger partial charge in [0.05, 0.1) is 13.2 Å². The van der Waals surface area contributed by atoms with Crippen LogP contribution in [0, 0.1) is 5.92 Å². The van der Waals surface area contributed by atoms with E-state index in [1.54, 1.807) is 7.11 Å². The average molecular weight is 315 g/mol. The second-order valence-corrected chi connectivity index (χ2v) is 6.17. The molecule has 0 spiro atoms. The molecule has 0 saturated heterocycles. The average Bonchev–Trinajstić information content (AvgIpc) is 3.13. The van der Waals surface area contributed by atoms with Crippen molar-refractivity contribution in [3.63, 3.8) is 0 Å². The molecule has 2 aliphatic rings. The van der Waals surface area contributed by atoms with Crippen molar-refractivity contribution in [3.05, 3.63) is 42.0 Å². The van der Waals surface area contributed by atoms with Gasteiger partial charge in [0.2, 0.25) is 6.79 Å². The highest BCUT2D eigenvalue weighted by Gasteiger charge is 2.23. The first-order valence-corrected chi connectivity index (χ1v) is 7.91. The van der Waals surface area contributed by atoms with Crippen LogP contribution in [0.3, 0.4) is 0 Å². The first-order chi connectivity index (χ1) is 11.3. The maximum Gasteiger partial charge on any atom is 0.231 e. The number of rotatable bonds is 4. The van der Waals surface area contributed by atoms with Gasteiger partial charge in [-0.05, 0) is 17.7 Å². The molecule has 6 heteroatoms. The third-order valence-corrected chi connectivity index (χ3v) is 4.38. The lowest BCUT2D eigenvalue weighted by Crippen LogP contribution is -2.29. The standard InChI is InChI=1S/C17H21N3O3/c1-21-11-14-8-19(10-17-18-4-5-20(17)9-14)7-13-2-3-15-16(6-13)23-12-22-15/h2-6,14H,7-12H2,1H3. The fraction of sp³-hybridized carbons (Fsp3) is 0.471. The number of aromatic nitrogens is 2. The smallest absolute Gasteiger partial charge is 0.231 e. The molecule has 1 unspecified atom stereocenters. The number of ether oxygens (including phenoxy) is 3. The summed E-state index contributed by atoms with van der Waals surface area (Å²) in [5, 5.41) is 0. The highest BCUT2D eigenvalue weighted by atomic mass is 16.7. The molecular formula is C17H21N3O3. The third-order valence-electron chi connectivity index (χ3n) is 4.38. The van der Waals surface area contributed by atoms with Crippen LogP contribution in [0.1, 0.15) is 11.4 Å². The third kappa shape index (κ3) is 3.04. The molecule has 0 radical (unpaired) electrons. The fourth-order valence-corrected chi connectivity index (χ4v) is 3.38. The van der Waals surface area contributed by atoms with Crippen LogP contribution in [0.25, 0.3) is 0 Å². The Labute approximate surface area is 135 Å². The molecule has 1 aromatic heterocycles. The fourth-order valence-electron chi connectivity index (χ4n) is 3.38. The van der Waals surface area contributed by atoms with Gasteiger partial charge in [-0.1, -0.05) is 6.07 Å². The summed E-state index contributed by atoms with van der Waals surface area (Å²) in [5.41, 5.74) is 1.23. The van der Waals surface area contributed by atoms with E-state index in [0.717, 1.165) is 50.1 Å². The van der Waals surface area contributed by atoms with E-state index in [1.165, 1.54) is 5.56 Å². The summed E-state index contributed by atoms with van der Waals surface area (Å²) in [7, 11) is 1.77. The van der Waals surface area contributed by atoms with Crippen molar-refractivity contribution >= 4 is 0 Å². The van der Waals surface area contributed by atoms with Crippen LogP contribution < -0.4 is 9.47 Å². The number of benzene rings is 1. The first kappa shape index (κ1) is 14.5. The summed E-state index contributed by atoms with van der Waals surface area (Å²) >= 11 is 0. The molecule has 0 fully saturated rings. The van der Waals surface area contributed by atoms with Gasteiger partial charge in [0.25, 0.3) is 0 Å². The van der Waals surface area contributed by atoms with E-state index in [4.69, 9.17) is 14.2 Å². The van der Waals surface area contributed by atoms with Crippen molar-refractivity contribution < 1.29 is 14.2 Å². The molecule has 0 aliphatic carbocycles. The van der Waals surface area contributed by atoms with Gasteiger partial charge in [0, 0.05) is 45.1 Å². The van der Waals surface area contributed by atoms with E-state index in [9.17, 15) is 0 Å². The van der Waals surface area contributed by atoms with Gasteiger partial charge in [-0.25, -0.2) is 4.98 Å². The number of fused-ring (bicyclic) bond motifs is 2. The summed E-state index contributed by atoms with van der Waals surface area (Å²) in [6, 6.07) is 6.17. The molecule has 0 N–H and O–H groups in total. The zero-order valence-electron chi connectivity index (χ0n) is 13.3. The van der Waals surface area contributed by atoms with Gasteiger partial charge >= 0.3 is 0 Å². The number of nitrogens with zero attached hydrogens (tertiary/aromatic N) is 3. The normalized spacial score (nSPS) is 20.3. The lowest BCUT2D eigenvalue weighted by molar-refractivity contribution is 0.115. The Bertz CT molecular complexity index is 685. The van der Waals surface area contributed by atoms with Gasteiger partial charge in [-0.2, -0.15) is 0 Å². The van der Waals surface area contributed by atoms with Gasteiger partial charge < -0.3 is 18.8 Å². The summed E-state index contributed by atoms with van der Waals surface area (Å²) in [5.74, 6) is 3.25. The van der Waals surface area contributed by atoms with Crippen LogP contribution >= 0.6 is 0 Å². The molecule has 2 aromatic rings. The Balaban J connectivity index is 1.53. The Hall–Kier alpha value is -2.05. The van der Waals surface area contributed by atoms with Crippen LogP contribution in [-0.2, 0) is 24.4 Å². The Morgan fingerprint density at radius 2 is 2.17 bits per heavy atom. The SMILES string of the molecule is COCC1CN(Cc2ccc3c(c2)OCO3)Cc2nccn2C1. The second-order valence-electron chi connectivity index (χ2n) is 6.17. The molecule has 3 heterocycles. The number of imidazole rings is 1. The van der Waals surface area contributed by atoms with E-state index in [0.29, 0.717) is 12.7 Å². The molecule has 1 aromatic carbocycles. The number of methoxy groups -OCH3 is 1. The zero-order valence-corrected chi connectivity index (χ0v) is 13.3. The molecule has 2 aliphatic heterocycles. The van der Waals surface area contributed by atoms with Crippen LogP contribution in [0.2, 0.25) is 0 Å². The van der Waals surface area contributed by atoms with Crippen LogP contribution in [0.15, 0.2) is 30.6 Å². The number of hydrogen-bond acceptors (Lipinski definition) is 5. The summed E-state index contributed by atoms with van der Waals surface area (Å²) < 4.78 is 18.5. The zero-order chi connectivity index (χ0) is 15.6. The first-order valence-electron chi connectivity index (χ1n) is 7.91. The van der Waals surface area contributed by atoms with E-state index < -0.39 is 0 Å². The molecule has 0 saturated carbocycles. The maximum atomic E-state index is 5.48. The summed E-state index contributed by atoms with van der Waals surface area (Å²) in [6.45, 7) is 4.74. The Kier molecular flexibility index (Phi) is 3.93. The minimum absolute atomic E-state index is 0.315. The van der Waals surface area contributed by atoms with Crippen molar-refractivity contribution in [2.24, 2.45) is 5.92 Å². The van der Waals surface area contributed by atoms with E-state index in [1.807, 2.05) is 12.3 Å². The lowest BCUT2D eigenvalue weighted by Gasteiger charge is -2.23. The molecule has 1 atom stereocenters. The molecule has 0 bridgehead atoms. The highest BCUT2D eigenvalue weighted by Crippen LogP contribution is 2.33. The van der Waals surface area contributed by atoms with Crippen molar-refractivity contribution in [2.45, 2.75) is 19.6 Å². The second kappa shape index (κ2) is 6.22. The molecule has 122 valence electrons. The van der Waals surface area contributed by atoms with Gasteiger partial charge in [0.15, 0.2) is 11.5 Å². The Morgan fingerprint density at radius 1 is 1.26 bits per heavy atom. The Morgan fingerprint density at radius 3 is 3.09 bits per heavy atom. The highest BCUT2D eigenvalue weighted by molar-refractivity contribution is 5.44. The van der Waals surface area contributed by atoms with E-state index in [-0.39, 0.29) is 0 Å². The van der Waals surface area contributed by atoms with Gasteiger partial charge in [-0.15, -0.1) is 0 Å². The monoisotopic (exact) mass is 315 g/mol. The quantitative estimate of drug-likeness (QED) is 0.862. The van der Waals surface area contributed by atoms with Crippen molar-refractivity contribution in [1.29, 1.82) is 0 Å². The predicted octanol–water partition coefficient (Wildman–Crippen LogP) is 1.89. The van der Waals surface area contributed by atoms with E-state index in [2.05, 4.69) is 32.8 Å². The minimum Gasteiger partial charge on any atom is -0.454 e. The van der Waals surface area contributed by atoms with Crippen LogP contribution in [-0.4, -0.2) is 41.5 Å². The lowest BCUT2D eigenvalue weighted by atomic mass is 10.1. The summed E-state index contributed by atoms with van der Waals surface area (Å²) in [6.07, 6.45) is 3.94. The molecule has 6 nitrogen and oxygen atoms in total. The van der Waals surface area contributed by atoms with Gasteiger partial charge in [0.1, 0.15) is 5.82 Å². The summed E-state index contributed by atoms with van der Waals surface area (Å²) in [4.78, 5) is 6.92. The maximum absolute atomic E-state index is 5.48. The van der Waals surface area contributed by atoms with Crippen LogP contribution in [0.5, 0.6) is 11.5 Å². The van der Waals surface area contributed by atoms with Gasteiger partial charge in [-0.3, -0.25) is 4.90 Å². The minimum atomic E-state index is 0.315. The van der Waals surface area contributed by atoms with Crippen molar-refractivity contribution in [1.82, 2.24) is 14.5 Å². The molecular weight excluding hydrogens is 294 g/mol. The largest absolute Gasteiger partial charge is 0.454 e.